The molecule has 0 aromatic carbocycles. The van der Waals surface area contributed by atoms with Crippen LogP contribution in [0.5, 0.6) is 0 Å². The third-order valence-corrected chi connectivity index (χ3v) is 2.48. The smallest absolute Gasteiger partial charge is 0.270 e. The van der Waals surface area contributed by atoms with Crippen LogP contribution < -0.4 is 10.6 Å². The van der Waals surface area contributed by atoms with E-state index in [2.05, 4.69) is 32.2 Å². The van der Waals surface area contributed by atoms with E-state index < -0.39 is 0 Å². The van der Waals surface area contributed by atoms with Crippen molar-refractivity contribution >= 4 is 11.7 Å². The minimum absolute atomic E-state index is 0.256. The van der Waals surface area contributed by atoms with Gasteiger partial charge in [0.25, 0.3) is 5.91 Å². The Balaban J connectivity index is 1.99. The number of rotatable bonds is 6. The minimum Gasteiger partial charge on any atom is -0.364 e. The molecule has 1 amide bonds. The summed E-state index contributed by atoms with van der Waals surface area (Å²) in [5.41, 5.74) is 1.20. The van der Waals surface area contributed by atoms with Gasteiger partial charge in [-0.05, 0) is 12.1 Å². The summed E-state index contributed by atoms with van der Waals surface area (Å²) >= 11 is 0. The lowest BCUT2D eigenvalue weighted by atomic mass is 10.3. The fraction of sp³-hybridized carbons (Fsp3) is 0.143. The molecule has 0 atom stereocenters. The van der Waals surface area contributed by atoms with Gasteiger partial charge in [0.05, 0.1) is 12.2 Å². The van der Waals surface area contributed by atoms with Crippen molar-refractivity contribution < 1.29 is 4.79 Å². The molecule has 0 saturated carbocycles. The van der Waals surface area contributed by atoms with Gasteiger partial charge in [0.15, 0.2) is 0 Å². The van der Waals surface area contributed by atoms with Crippen molar-refractivity contribution in [2.75, 3.05) is 11.9 Å². The van der Waals surface area contributed by atoms with Crippen LogP contribution in [0, 0.1) is 0 Å². The first-order valence-electron chi connectivity index (χ1n) is 6.14. The molecule has 0 saturated heterocycles. The maximum atomic E-state index is 11.7. The van der Waals surface area contributed by atoms with Crippen molar-refractivity contribution in [2.24, 2.45) is 0 Å². The average molecular weight is 269 g/mol. The van der Waals surface area contributed by atoms with Gasteiger partial charge in [0.1, 0.15) is 17.8 Å². The van der Waals surface area contributed by atoms with Crippen LogP contribution in [0.3, 0.4) is 0 Å². The normalized spacial score (nSPS) is 9.80. The molecule has 0 aliphatic carbocycles. The van der Waals surface area contributed by atoms with Crippen molar-refractivity contribution in [3.63, 3.8) is 0 Å². The molecule has 2 rings (SSSR count). The summed E-state index contributed by atoms with van der Waals surface area (Å²) in [5, 5.41) is 5.76. The molecule has 0 fully saturated rings. The summed E-state index contributed by atoms with van der Waals surface area (Å²) in [6.07, 6.45) is 4.69. The first kappa shape index (κ1) is 13.7. The molecule has 0 bridgehead atoms. The van der Waals surface area contributed by atoms with Crippen molar-refractivity contribution in [1.82, 2.24) is 20.3 Å². The second-order valence-electron chi connectivity index (χ2n) is 3.96. The van der Waals surface area contributed by atoms with Gasteiger partial charge in [-0.1, -0.05) is 12.1 Å². The van der Waals surface area contributed by atoms with Gasteiger partial charge in [-0.3, -0.25) is 9.78 Å². The number of aromatic nitrogens is 3. The van der Waals surface area contributed by atoms with Crippen LogP contribution in [-0.4, -0.2) is 27.4 Å². The van der Waals surface area contributed by atoms with Crippen LogP contribution in [0.25, 0.3) is 0 Å². The zero-order valence-electron chi connectivity index (χ0n) is 10.9. The highest BCUT2D eigenvalue weighted by Crippen LogP contribution is 2.05. The SMILES string of the molecule is C=CCNC(=O)c1cc(NCc2ccccn2)ncn1. The summed E-state index contributed by atoms with van der Waals surface area (Å²) in [7, 11) is 0. The molecule has 0 aliphatic rings. The minimum atomic E-state index is -0.256. The summed E-state index contributed by atoms with van der Waals surface area (Å²) in [5.74, 6) is 0.322. The monoisotopic (exact) mass is 269 g/mol. The number of nitrogens with one attached hydrogen (secondary N) is 2. The van der Waals surface area contributed by atoms with E-state index in [9.17, 15) is 4.79 Å². The van der Waals surface area contributed by atoms with E-state index in [0.29, 0.717) is 24.6 Å². The molecule has 0 aliphatic heterocycles. The molecule has 102 valence electrons. The quantitative estimate of drug-likeness (QED) is 0.775. The lowest BCUT2D eigenvalue weighted by molar-refractivity contribution is 0.0953. The van der Waals surface area contributed by atoms with E-state index in [1.54, 1.807) is 18.3 Å². The zero-order chi connectivity index (χ0) is 14.2. The van der Waals surface area contributed by atoms with Gasteiger partial charge >= 0.3 is 0 Å². The molecule has 2 N–H and O–H groups in total. The summed E-state index contributed by atoms with van der Waals surface area (Å²) in [6, 6.07) is 7.28. The highest BCUT2D eigenvalue weighted by atomic mass is 16.1. The molecule has 0 unspecified atom stereocenters. The Hall–Kier alpha value is -2.76. The Bertz CT molecular complexity index is 585. The number of hydrogen-bond acceptors (Lipinski definition) is 5. The highest BCUT2D eigenvalue weighted by molar-refractivity contribution is 5.92. The van der Waals surface area contributed by atoms with E-state index >= 15 is 0 Å². The van der Waals surface area contributed by atoms with Gasteiger partial charge < -0.3 is 10.6 Å². The second kappa shape index (κ2) is 6.98. The lowest BCUT2D eigenvalue weighted by Gasteiger charge is -2.06. The fourth-order valence-electron chi connectivity index (χ4n) is 1.52. The van der Waals surface area contributed by atoms with Gasteiger partial charge in [0, 0.05) is 18.8 Å². The van der Waals surface area contributed by atoms with Gasteiger partial charge in [-0.2, -0.15) is 0 Å². The summed E-state index contributed by atoms with van der Waals surface area (Å²) < 4.78 is 0. The molecule has 20 heavy (non-hydrogen) atoms. The fourth-order valence-corrected chi connectivity index (χ4v) is 1.52. The molecule has 2 aromatic heterocycles. The second-order valence-corrected chi connectivity index (χ2v) is 3.96. The lowest BCUT2D eigenvalue weighted by Crippen LogP contribution is -2.24. The van der Waals surface area contributed by atoms with E-state index in [1.807, 2.05) is 18.2 Å². The van der Waals surface area contributed by atoms with E-state index in [0.717, 1.165) is 5.69 Å². The summed E-state index contributed by atoms with van der Waals surface area (Å²) in [4.78, 5) is 23.9. The largest absolute Gasteiger partial charge is 0.364 e. The van der Waals surface area contributed by atoms with Crippen LogP contribution in [0.1, 0.15) is 16.2 Å². The van der Waals surface area contributed by atoms with Crippen molar-refractivity contribution in [3.05, 3.63) is 60.8 Å². The number of nitrogens with zero attached hydrogens (tertiary/aromatic N) is 3. The molecular weight excluding hydrogens is 254 g/mol. The molecule has 6 nitrogen and oxygen atoms in total. The van der Waals surface area contributed by atoms with Crippen LogP contribution in [0.4, 0.5) is 5.82 Å². The van der Waals surface area contributed by atoms with Gasteiger partial charge in [-0.25, -0.2) is 9.97 Å². The molecule has 6 heteroatoms. The van der Waals surface area contributed by atoms with E-state index in [1.165, 1.54) is 6.33 Å². The average Bonchev–Trinajstić information content (AvgIpc) is 2.52. The first-order valence-corrected chi connectivity index (χ1v) is 6.14. The third kappa shape index (κ3) is 3.88. The Morgan fingerprint density at radius 3 is 2.95 bits per heavy atom. The third-order valence-electron chi connectivity index (χ3n) is 2.48. The highest BCUT2D eigenvalue weighted by Gasteiger charge is 2.07. The standard InChI is InChI=1S/C14H15N5O/c1-2-6-16-14(20)12-8-13(19-10-18-12)17-9-11-5-3-4-7-15-11/h2-5,7-8,10H,1,6,9H2,(H,16,20)(H,17,18,19). The van der Waals surface area contributed by atoms with Crippen LogP contribution in [0.15, 0.2) is 49.4 Å². The predicted molar refractivity (Wildman–Crippen MR) is 76.1 cm³/mol. The maximum absolute atomic E-state index is 11.7. The first-order chi connectivity index (χ1) is 9.79. The van der Waals surface area contributed by atoms with Gasteiger partial charge in [-0.15, -0.1) is 6.58 Å². The Labute approximate surface area is 117 Å². The Morgan fingerprint density at radius 1 is 1.30 bits per heavy atom. The van der Waals surface area contributed by atoms with Crippen LogP contribution >= 0.6 is 0 Å². The number of amides is 1. The number of pyridine rings is 1. The maximum Gasteiger partial charge on any atom is 0.270 e. The number of carbonyl (C=O) groups is 1. The molecule has 0 spiro atoms. The Kier molecular flexibility index (Phi) is 4.77. The van der Waals surface area contributed by atoms with Crippen molar-refractivity contribution in [1.29, 1.82) is 0 Å². The predicted octanol–water partition coefficient (Wildman–Crippen LogP) is 1.40. The van der Waals surface area contributed by atoms with Crippen molar-refractivity contribution in [3.8, 4) is 0 Å². The molecular formula is C14H15N5O. The van der Waals surface area contributed by atoms with Crippen LogP contribution in [-0.2, 0) is 6.54 Å². The molecule has 0 radical (unpaired) electrons. The van der Waals surface area contributed by atoms with Crippen LogP contribution in [0.2, 0.25) is 0 Å². The topological polar surface area (TPSA) is 79.8 Å². The van der Waals surface area contributed by atoms with Gasteiger partial charge in [0.2, 0.25) is 0 Å². The number of carbonyl (C=O) groups excluding carboxylic acids is 1. The van der Waals surface area contributed by atoms with Crippen molar-refractivity contribution in [2.45, 2.75) is 6.54 Å². The zero-order valence-corrected chi connectivity index (χ0v) is 10.9. The summed E-state index contributed by atoms with van der Waals surface area (Å²) in [6.45, 7) is 4.48. The van der Waals surface area contributed by atoms with E-state index in [-0.39, 0.29) is 5.91 Å². The molecule has 2 heterocycles. The van der Waals surface area contributed by atoms with E-state index in [4.69, 9.17) is 0 Å². The molecule has 2 aromatic rings. The number of hydrogen-bond donors (Lipinski definition) is 2. The number of anilines is 1. The Morgan fingerprint density at radius 2 is 2.20 bits per heavy atom.